The van der Waals surface area contributed by atoms with Crippen LogP contribution in [0.4, 0.5) is 0 Å². The Morgan fingerprint density at radius 1 is 1.14 bits per heavy atom. The van der Waals surface area contributed by atoms with Crippen LogP contribution in [0.25, 0.3) is 0 Å². The van der Waals surface area contributed by atoms with E-state index < -0.39 is 0 Å². The highest BCUT2D eigenvalue weighted by molar-refractivity contribution is 5.88. The first-order chi connectivity index (χ1) is 10.6. The summed E-state index contributed by atoms with van der Waals surface area (Å²) < 4.78 is 5.75. The molecular formula is C17H26N2O3. The number of amides is 2. The molecule has 2 N–H and O–H groups in total. The van der Waals surface area contributed by atoms with E-state index in [4.69, 9.17) is 10.5 Å². The Morgan fingerprint density at radius 2 is 1.82 bits per heavy atom. The van der Waals surface area contributed by atoms with Crippen molar-refractivity contribution < 1.29 is 14.3 Å². The molecule has 0 aromatic rings. The molecule has 5 heteroatoms. The molecule has 2 aliphatic heterocycles. The summed E-state index contributed by atoms with van der Waals surface area (Å²) in [6.45, 7) is 4.19. The van der Waals surface area contributed by atoms with Crippen molar-refractivity contribution in [3.63, 3.8) is 0 Å². The number of likely N-dealkylation sites (tertiary alicyclic amines) is 1. The number of ether oxygens (including phenoxy) is 1. The molecule has 2 amide bonds. The van der Waals surface area contributed by atoms with Gasteiger partial charge >= 0.3 is 0 Å². The molecule has 0 unspecified atom stereocenters. The number of piperidine rings is 1. The molecule has 0 aromatic heterocycles. The molecule has 122 valence electrons. The van der Waals surface area contributed by atoms with Gasteiger partial charge in [-0.05, 0) is 50.9 Å². The van der Waals surface area contributed by atoms with Crippen molar-refractivity contribution in [2.75, 3.05) is 19.7 Å². The smallest absolute Gasteiger partial charge is 0.246 e. The number of nitrogens with two attached hydrogens (primary N) is 1. The lowest BCUT2D eigenvalue weighted by atomic mass is 9.84. The van der Waals surface area contributed by atoms with Gasteiger partial charge in [0.05, 0.1) is 12.0 Å². The summed E-state index contributed by atoms with van der Waals surface area (Å²) in [5, 5.41) is 0. The Bertz CT molecular complexity index is 476. The topological polar surface area (TPSA) is 72.6 Å². The van der Waals surface area contributed by atoms with E-state index in [0.29, 0.717) is 18.4 Å². The minimum atomic E-state index is -0.246. The van der Waals surface area contributed by atoms with Gasteiger partial charge in [0.2, 0.25) is 11.8 Å². The van der Waals surface area contributed by atoms with E-state index in [1.165, 1.54) is 18.4 Å². The molecule has 2 heterocycles. The summed E-state index contributed by atoms with van der Waals surface area (Å²) in [7, 11) is 0. The summed E-state index contributed by atoms with van der Waals surface area (Å²) in [5.74, 6) is 0.733. The molecule has 22 heavy (non-hydrogen) atoms. The zero-order valence-electron chi connectivity index (χ0n) is 13.3. The molecule has 0 spiro atoms. The van der Waals surface area contributed by atoms with Gasteiger partial charge in [0.25, 0.3) is 0 Å². The van der Waals surface area contributed by atoms with Crippen LogP contribution < -0.4 is 5.73 Å². The first-order valence-electron chi connectivity index (χ1n) is 8.44. The molecule has 2 atom stereocenters. The Balaban J connectivity index is 1.52. The number of hydrogen-bond donors (Lipinski definition) is 1. The van der Waals surface area contributed by atoms with Crippen molar-refractivity contribution in [1.29, 1.82) is 0 Å². The maximum Gasteiger partial charge on any atom is 0.246 e. The maximum atomic E-state index is 12.3. The number of primary amides is 1. The fraction of sp³-hybridized carbons (Fsp3) is 0.765. The number of allylic oxidation sites excluding steroid dienone is 1. The predicted octanol–water partition coefficient (Wildman–Crippen LogP) is 1.47. The third-order valence-electron chi connectivity index (χ3n) is 5.39. The second-order valence-corrected chi connectivity index (χ2v) is 6.96. The van der Waals surface area contributed by atoms with E-state index in [2.05, 4.69) is 6.92 Å². The lowest BCUT2D eigenvalue weighted by Crippen LogP contribution is -2.43. The number of carbonyl (C=O) groups is 2. The van der Waals surface area contributed by atoms with Gasteiger partial charge < -0.3 is 15.4 Å². The summed E-state index contributed by atoms with van der Waals surface area (Å²) in [5.41, 5.74) is 6.69. The molecule has 3 rings (SSSR count). The van der Waals surface area contributed by atoms with E-state index in [1.807, 2.05) is 11.0 Å². The largest absolute Gasteiger partial charge is 0.377 e. The molecule has 5 nitrogen and oxygen atoms in total. The average molecular weight is 306 g/mol. The molecule has 1 aliphatic carbocycles. The summed E-state index contributed by atoms with van der Waals surface area (Å²) in [6.07, 6.45) is 6.76. The van der Waals surface area contributed by atoms with Crippen LogP contribution >= 0.6 is 0 Å². The Labute approximate surface area is 131 Å². The highest BCUT2D eigenvalue weighted by Gasteiger charge is 2.39. The highest BCUT2D eigenvalue weighted by atomic mass is 16.5. The van der Waals surface area contributed by atoms with E-state index in [1.54, 1.807) is 0 Å². The van der Waals surface area contributed by atoms with Crippen molar-refractivity contribution in [3.05, 3.63) is 11.6 Å². The third-order valence-corrected chi connectivity index (χ3v) is 5.39. The van der Waals surface area contributed by atoms with Crippen LogP contribution in [0, 0.1) is 17.8 Å². The number of rotatable bonds is 4. The van der Waals surface area contributed by atoms with Crippen LogP contribution in [0.3, 0.4) is 0 Å². The Kier molecular flexibility index (Phi) is 4.52. The Morgan fingerprint density at radius 3 is 2.41 bits per heavy atom. The lowest BCUT2D eigenvalue weighted by molar-refractivity contribution is -0.130. The quantitative estimate of drug-likeness (QED) is 0.799. The standard InChI is InChI=1S/C17H26N2O3/c1-11(12-2-3-12)10-15(20)19-7-4-13(5-8-19)16-14(17(18)21)6-9-22-16/h10,12-14,16H,2-9H2,1H3,(H2,18,21)/b11-10-/t14-,16+/m0/s1. The van der Waals surface area contributed by atoms with Gasteiger partial charge in [0, 0.05) is 25.8 Å². The van der Waals surface area contributed by atoms with Crippen molar-refractivity contribution >= 4 is 11.8 Å². The summed E-state index contributed by atoms with van der Waals surface area (Å²) in [6, 6.07) is 0. The molecule has 1 saturated carbocycles. The van der Waals surface area contributed by atoms with Crippen LogP contribution in [-0.2, 0) is 14.3 Å². The zero-order valence-corrected chi connectivity index (χ0v) is 13.3. The molecule has 2 saturated heterocycles. The van der Waals surface area contributed by atoms with E-state index in [0.717, 1.165) is 32.4 Å². The SMILES string of the molecule is C/C(=C/C(=O)N1CCC([C@H]2OCC[C@@H]2C(N)=O)CC1)C1CC1. The van der Waals surface area contributed by atoms with Gasteiger partial charge in [-0.25, -0.2) is 0 Å². The van der Waals surface area contributed by atoms with Crippen LogP contribution in [-0.4, -0.2) is 42.5 Å². The molecule has 0 bridgehead atoms. The second-order valence-electron chi connectivity index (χ2n) is 6.96. The van der Waals surface area contributed by atoms with Crippen LogP contribution in [0.5, 0.6) is 0 Å². The molecule has 3 aliphatic rings. The van der Waals surface area contributed by atoms with Crippen LogP contribution in [0.15, 0.2) is 11.6 Å². The fourth-order valence-corrected chi connectivity index (χ4v) is 3.77. The molecule has 0 aromatic carbocycles. The van der Waals surface area contributed by atoms with Crippen molar-refractivity contribution in [2.45, 2.75) is 45.1 Å². The first kappa shape index (κ1) is 15.5. The van der Waals surface area contributed by atoms with E-state index in [9.17, 15) is 9.59 Å². The maximum absolute atomic E-state index is 12.3. The van der Waals surface area contributed by atoms with Crippen molar-refractivity contribution in [2.24, 2.45) is 23.5 Å². The third kappa shape index (κ3) is 3.35. The number of carbonyl (C=O) groups excluding carboxylic acids is 2. The zero-order chi connectivity index (χ0) is 15.7. The predicted molar refractivity (Wildman–Crippen MR) is 82.8 cm³/mol. The Hall–Kier alpha value is -1.36. The number of hydrogen-bond acceptors (Lipinski definition) is 3. The molecule has 3 fully saturated rings. The van der Waals surface area contributed by atoms with E-state index in [-0.39, 0.29) is 23.8 Å². The summed E-state index contributed by atoms with van der Waals surface area (Å²) >= 11 is 0. The number of nitrogens with zero attached hydrogens (tertiary/aromatic N) is 1. The molecule has 0 radical (unpaired) electrons. The second kappa shape index (κ2) is 6.41. The first-order valence-corrected chi connectivity index (χ1v) is 8.44. The van der Waals surface area contributed by atoms with Crippen molar-refractivity contribution in [3.8, 4) is 0 Å². The van der Waals surface area contributed by atoms with Gasteiger partial charge in [0.15, 0.2) is 0 Å². The van der Waals surface area contributed by atoms with E-state index >= 15 is 0 Å². The van der Waals surface area contributed by atoms with Gasteiger partial charge in [-0.3, -0.25) is 9.59 Å². The van der Waals surface area contributed by atoms with Gasteiger partial charge in [0.1, 0.15) is 0 Å². The van der Waals surface area contributed by atoms with Gasteiger partial charge in [-0.15, -0.1) is 0 Å². The van der Waals surface area contributed by atoms with Gasteiger partial charge in [-0.2, -0.15) is 0 Å². The van der Waals surface area contributed by atoms with Crippen LogP contribution in [0.1, 0.15) is 39.0 Å². The van der Waals surface area contributed by atoms with Crippen LogP contribution in [0.2, 0.25) is 0 Å². The normalized spacial score (nSPS) is 30.6. The molecular weight excluding hydrogens is 280 g/mol. The monoisotopic (exact) mass is 306 g/mol. The summed E-state index contributed by atoms with van der Waals surface area (Å²) in [4.78, 5) is 25.7. The minimum Gasteiger partial charge on any atom is -0.377 e. The highest BCUT2D eigenvalue weighted by Crippen LogP contribution is 2.36. The lowest BCUT2D eigenvalue weighted by Gasteiger charge is -2.35. The fourth-order valence-electron chi connectivity index (χ4n) is 3.77. The average Bonchev–Trinajstić information content (AvgIpc) is 3.24. The van der Waals surface area contributed by atoms with Crippen molar-refractivity contribution in [1.82, 2.24) is 4.90 Å². The van der Waals surface area contributed by atoms with Gasteiger partial charge in [-0.1, -0.05) is 5.57 Å². The minimum absolute atomic E-state index is 0.0431.